The summed E-state index contributed by atoms with van der Waals surface area (Å²) in [6.07, 6.45) is 0.914. The monoisotopic (exact) mass is 381 g/mol. The number of carbonyl (C=O) groups excluding carboxylic acids is 1. The minimum absolute atomic E-state index is 0.417. The van der Waals surface area contributed by atoms with E-state index in [1.807, 2.05) is 13.0 Å². The van der Waals surface area contributed by atoms with Crippen LogP contribution in [0.2, 0.25) is 0 Å². The first kappa shape index (κ1) is 20.1. The number of piperazine rings is 1. The lowest BCUT2D eigenvalue weighted by Crippen LogP contribution is -2.46. The Morgan fingerprint density at radius 2 is 1.61 bits per heavy atom. The Hall–Kier alpha value is -2.63. The number of aromatic nitrogens is 2. The van der Waals surface area contributed by atoms with E-state index in [2.05, 4.69) is 61.1 Å². The lowest BCUT2D eigenvalue weighted by Gasteiger charge is -2.32. The van der Waals surface area contributed by atoms with Gasteiger partial charge in [-0.05, 0) is 29.9 Å². The zero-order valence-corrected chi connectivity index (χ0v) is 17.6. The number of anilines is 3. The Balaban J connectivity index is 1.92. The third-order valence-electron chi connectivity index (χ3n) is 5.21. The van der Waals surface area contributed by atoms with Gasteiger partial charge in [0.25, 0.3) is 0 Å². The van der Waals surface area contributed by atoms with Crippen molar-refractivity contribution in [1.29, 1.82) is 0 Å². The lowest BCUT2D eigenvalue weighted by atomic mass is 9.92. The molecular weight excluding hydrogens is 350 g/mol. The summed E-state index contributed by atoms with van der Waals surface area (Å²) in [5, 5.41) is 3.60. The zero-order valence-electron chi connectivity index (χ0n) is 17.6. The summed E-state index contributed by atoms with van der Waals surface area (Å²) >= 11 is 0. The summed E-state index contributed by atoms with van der Waals surface area (Å²) in [5.41, 5.74) is 4.67. The number of rotatable bonds is 6. The highest BCUT2D eigenvalue weighted by Crippen LogP contribution is 2.34. The van der Waals surface area contributed by atoms with Gasteiger partial charge in [0, 0.05) is 43.6 Å². The van der Waals surface area contributed by atoms with Gasteiger partial charge in [0.2, 0.25) is 12.4 Å². The third-order valence-corrected chi connectivity index (χ3v) is 5.21. The van der Waals surface area contributed by atoms with Crippen molar-refractivity contribution >= 4 is 23.9 Å². The second-order valence-electron chi connectivity index (χ2n) is 8.07. The van der Waals surface area contributed by atoms with E-state index in [9.17, 15) is 4.79 Å². The summed E-state index contributed by atoms with van der Waals surface area (Å²) in [6, 6.07) is 8.50. The third kappa shape index (κ3) is 4.43. The topological polar surface area (TPSA) is 61.4 Å². The van der Waals surface area contributed by atoms with Crippen molar-refractivity contribution in [2.24, 2.45) is 0 Å². The van der Waals surface area contributed by atoms with Crippen LogP contribution in [0, 0.1) is 6.92 Å². The van der Waals surface area contributed by atoms with Crippen LogP contribution in [0.3, 0.4) is 0 Å². The van der Waals surface area contributed by atoms with Crippen LogP contribution in [-0.4, -0.2) is 47.5 Å². The average molecular weight is 382 g/mol. The second-order valence-corrected chi connectivity index (χ2v) is 8.07. The number of carbonyl (C=O) groups is 1. The lowest BCUT2D eigenvalue weighted by molar-refractivity contribution is -0.118. The summed E-state index contributed by atoms with van der Waals surface area (Å²) in [7, 11) is 0. The van der Waals surface area contributed by atoms with Crippen molar-refractivity contribution in [1.82, 2.24) is 14.9 Å². The molecule has 0 unspecified atom stereocenters. The predicted molar refractivity (Wildman–Crippen MR) is 115 cm³/mol. The minimum Gasteiger partial charge on any atom is -0.342 e. The highest BCUT2D eigenvalue weighted by atomic mass is 16.1. The van der Waals surface area contributed by atoms with Crippen molar-refractivity contribution < 1.29 is 4.79 Å². The fourth-order valence-electron chi connectivity index (χ4n) is 3.61. The first-order valence-electron chi connectivity index (χ1n) is 10.1. The Kier molecular flexibility index (Phi) is 6.17. The molecule has 2 heterocycles. The number of nitrogens with zero attached hydrogens (tertiary/aromatic N) is 4. The van der Waals surface area contributed by atoms with E-state index < -0.39 is 0 Å². The van der Waals surface area contributed by atoms with Crippen LogP contribution in [0.4, 0.5) is 17.5 Å². The van der Waals surface area contributed by atoms with E-state index in [-0.39, 0.29) is 0 Å². The van der Waals surface area contributed by atoms with Crippen molar-refractivity contribution in [3.05, 3.63) is 41.1 Å². The summed E-state index contributed by atoms with van der Waals surface area (Å²) in [6.45, 7) is 13.8. The summed E-state index contributed by atoms with van der Waals surface area (Å²) in [5.74, 6) is 2.37. The molecule has 1 fully saturated rings. The molecule has 0 atom stereocenters. The van der Waals surface area contributed by atoms with Crippen molar-refractivity contribution in [2.75, 3.05) is 36.4 Å². The highest BCUT2D eigenvalue weighted by Gasteiger charge is 2.20. The van der Waals surface area contributed by atoms with E-state index in [0.717, 1.165) is 42.6 Å². The SMILES string of the molecule is Cc1cc(Nc2c(C(C)C)cccc2C(C)C)nc(N2CCN(C=O)CC2)n1. The fraction of sp³-hybridized carbons (Fsp3) is 0.500. The number of nitrogens with one attached hydrogen (secondary N) is 1. The van der Waals surface area contributed by atoms with Gasteiger partial charge in [0.1, 0.15) is 5.82 Å². The largest absolute Gasteiger partial charge is 0.342 e. The number of amides is 1. The van der Waals surface area contributed by atoms with Gasteiger partial charge in [-0.1, -0.05) is 45.9 Å². The number of aryl methyl sites for hydroxylation is 1. The van der Waals surface area contributed by atoms with Crippen molar-refractivity contribution in [3.8, 4) is 0 Å². The smallest absolute Gasteiger partial charge is 0.227 e. The fourth-order valence-corrected chi connectivity index (χ4v) is 3.61. The summed E-state index contributed by atoms with van der Waals surface area (Å²) in [4.78, 5) is 24.3. The van der Waals surface area contributed by atoms with Gasteiger partial charge in [-0.2, -0.15) is 4.98 Å². The van der Waals surface area contributed by atoms with Crippen LogP contribution >= 0.6 is 0 Å². The molecule has 1 saturated heterocycles. The summed E-state index contributed by atoms with van der Waals surface area (Å²) < 4.78 is 0. The molecule has 1 aliphatic heterocycles. The van der Waals surface area contributed by atoms with E-state index in [4.69, 9.17) is 4.98 Å². The molecule has 0 saturated carbocycles. The van der Waals surface area contributed by atoms with Crippen molar-refractivity contribution in [2.45, 2.75) is 46.5 Å². The van der Waals surface area contributed by atoms with E-state index in [0.29, 0.717) is 24.9 Å². The van der Waals surface area contributed by atoms with Crippen LogP contribution in [-0.2, 0) is 4.79 Å². The molecule has 150 valence electrons. The van der Waals surface area contributed by atoms with Crippen LogP contribution in [0.15, 0.2) is 24.3 Å². The standard InChI is InChI=1S/C22H31N5O/c1-15(2)18-7-6-8-19(16(3)4)21(18)24-20-13-17(5)23-22(25-20)27-11-9-26(14-28)10-12-27/h6-8,13-16H,9-12H2,1-5H3,(H,23,24,25). The van der Waals surface area contributed by atoms with E-state index in [1.54, 1.807) is 4.90 Å². The molecule has 1 aromatic heterocycles. The maximum atomic E-state index is 11.0. The molecule has 6 nitrogen and oxygen atoms in total. The molecule has 1 aliphatic rings. The van der Waals surface area contributed by atoms with Gasteiger partial charge in [-0.25, -0.2) is 4.98 Å². The molecule has 1 aromatic carbocycles. The Morgan fingerprint density at radius 1 is 1.00 bits per heavy atom. The Bertz CT molecular complexity index is 799. The molecular formula is C22H31N5O. The minimum atomic E-state index is 0.417. The molecule has 0 radical (unpaired) electrons. The predicted octanol–water partition coefficient (Wildman–Crippen LogP) is 4.05. The molecule has 0 aliphatic carbocycles. The van der Waals surface area contributed by atoms with Gasteiger partial charge in [0.15, 0.2) is 0 Å². The first-order valence-corrected chi connectivity index (χ1v) is 10.1. The van der Waals surface area contributed by atoms with Gasteiger partial charge in [-0.15, -0.1) is 0 Å². The molecule has 1 amide bonds. The zero-order chi connectivity index (χ0) is 20.3. The quantitative estimate of drug-likeness (QED) is 0.765. The Labute approximate surface area is 168 Å². The van der Waals surface area contributed by atoms with Gasteiger partial charge >= 0.3 is 0 Å². The molecule has 0 spiro atoms. The maximum absolute atomic E-state index is 11.0. The normalized spacial score (nSPS) is 14.7. The van der Waals surface area contributed by atoms with E-state index >= 15 is 0 Å². The number of benzene rings is 1. The van der Waals surface area contributed by atoms with Gasteiger partial charge in [0.05, 0.1) is 0 Å². The van der Waals surface area contributed by atoms with Crippen LogP contribution in [0.1, 0.15) is 56.4 Å². The maximum Gasteiger partial charge on any atom is 0.227 e. The Morgan fingerprint density at radius 3 is 2.14 bits per heavy atom. The molecule has 0 bridgehead atoms. The number of para-hydroxylation sites is 1. The first-order chi connectivity index (χ1) is 13.4. The average Bonchev–Trinajstić information content (AvgIpc) is 2.67. The van der Waals surface area contributed by atoms with Gasteiger partial charge < -0.3 is 15.1 Å². The molecule has 2 aromatic rings. The van der Waals surface area contributed by atoms with Crippen LogP contribution in [0.25, 0.3) is 0 Å². The second kappa shape index (κ2) is 8.59. The molecule has 6 heteroatoms. The molecule has 1 N–H and O–H groups in total. The number of hydrogen-bond acceptors (Lipinski definition) is 5. The molecule has 28 heavy (non-hydrogen) atoms. The van der Waals surface area contributed by atoms with Crippen molar-refractivity contribution in [3.63, 3.8) is 0 Å². The van der Waals surface area contributed by atoms with Crippen LogP contribution in [0.5, 0.6) is 0 Å². The van der Waals surface area contributed by atoms with Gasteiger partial charge in [-0.3, -0.25) is 4.79 Å². The van der Waals surface area contributed by atoms with E-state index in [1.165, 1.54) is 11.1 Å². The van der Waals surface area contributed by atoms with Crippen LogP contribution < -0.4 is 10.2 Å². The number of hydrogen-bond donors (Lipinski definition) is 1. The highest BCUT2D eigenvalue weighted by molar-refractivity contribution is 5.67. The molecule has 3 rings (SSSR count).